The molecule has 1 aromatic carbocycles. The molecule has 0 saturated carbocycles. The minimum atomic E-state index is -1.18. The van der Waals surface area contributed by atoms with Crippen LogP contribution in [0.5, 0.6) is 0 Å². The number of amides is 1. The molecule has 0 aromatic heterocycles. The summed E-state index contributed by atoms with van der Waals surface area (Å²) in [6, 6.07) is 8.93. The molecule has 0 aliphatic rings. The first-order valence-corrected chi connectivity index (χ1v) is 6.89. The second-order valence-electron chi connectivity index (χ2n) is 5.33. The number of hydrogen-bond donors (Lipinski definition) is 2. The third-order valence-corrected chi connectivity index (χ3v) is 4.42. The summed E-state index contributed by atoms with van der Waals surface area (Å²) >= 11 is 1.51. The molecule has 2 N–H and O–H groups in total. The minimum absolute atomic E-state index is 0.177. The van der Waals surface area contributed by atoms with E-state index < -0.39 is 12.1 Å². The zero-order valence-corrected chi connectivity index (χ0v) is 12.1. The van der Waals surface area contributed by atoms with Crippen LogP contribution >= 0.6 is 11.8 Å². The SMILES string of the molecule is CC(C)(C)C(Sc1ccccc1)[C@@H](C=O)NC(=O)O. The molecule has 0 radical (unpaired) electrons. The van der Waals surface area contributed by atoms with Gasteiger partial charge in [0, 0.05) is 10.1 Å². The Kier molecular flexibility index (Phi) is 5.42. The number of carbonyl (C=O) groups is 2. The summed E-state index contributed by atoms with van der Waals surface area (Å²) in [7, 11) is 0. The second-order valence-corrected chi connectivity index (χ2v) is 6.54. The van der Waals surface area contributed by atoms with Gasteiger partial charge in [-0.25, -0.2) is 4.79 Å². The Morgan fingerprint density at radius 2 is 1.89 bits per heavy atom. The van der Waals surface area contributed by atoms with E-state index in [4.69, 9.17) is 5.11 Å². The van der Waals surface area contributed by atoms with Gasteiger partial charge in [0.2, 0.25) is 0 Å². The Morgan fingerprint density at radius 3 is 2.32 bits per heavy atom. The first-order valence-electron chi connectivity index (χ1n) is 6.01. The molecule has 5 heteroatoms. The third-order valence-electron chi connectivity index (χ3n) is 2.62. The molecule has 1 unspecified atom stereocenters. The molecule has 19 heavy (non-hydrogen) atoms. The summed E-state index contributed by atoms with van der Waals surface area (Å²) in [5.74, 6) is 0. The van der Waals surface area contributed by atoms with Crippen LogP contribution in [0.1, 0.15) is 20.8 Å². The van der Waals surface area contributed by atoms with E-state index in [2.05, 4.69) is 5.32 Å². The molecule has 2 atom stereocenters. The predicted octanol–water partition coefficient (Wildman–Crippen LogP) is 3.03. The molecule has 0 bridgehead atoms. The first kappa shape index (κ1) is 15.6. The van der Waals surface area contributed by atoms with Crippen LogP contribution in [-0.4, -0.2) is 28.8 Å². The van der Waals surface area contributed by atoms with Crippen molar-refractivity contribution in [3.05, 3.63) is 30.3 Å². The van der Waals surface area contributed by atoms with Crippen LogP contribution in [0.2, 0.25) is 0 Å². The van der Waals surface area contributed by atoms with Crippen LogP contribution in [0.3, 0.4) is 0 Å². The van der Waals surface area contributed by atoms with Gasteiger partial charge < -0.3 is 15.2 Å². The zero-order chi connectivity index (χ0) is 14.5. The van der Waals surface area contributed by atoms with Crippen molar-refractivity contribution in [3.63, 3.8) is 0 Å². The van der Waals surface area contributed by atoms with Crippen molar-refractivity contribution < 1.29 is 14.7 Å². The second kappa shape index (κ2) is 6.61. The van der Waals surface area contributed by atoms with Crippen molar-refractivity contribution >= 4 is 24.1 Å². The number of carbonyl (C=O) groups excluding carboxylic acids is 1. The van der Waals surface area contributed by atoms with E-state index in [0.717, 1.165) is 4.90 Å². The molecule has 0 spiro atoms. The summed E-state index contributed by atoms with van der Waals surface area (Å²) < 4.78 is 0. The van der Waals surface area contributed by atoms with Crippen molar-refractivity contribution in [2.75, 3.05) is 0 Å². The lowest BCUT2D eigenvalue weighted by Gasteiger charge is -2.34. The third kappa shape index (κ3) is 4.95. The van der Waals surface area contributed by atoms with Gasteiger partial charge in [-0.05, 0) is 17.5 Å². The number of thioether (sulfide) groups is 1. The van der Waals surface area contributed by atoms with Crippen molar-refractivity contribution in [1.29, 1.82) is 0 Å². The van der Waals surface area contributed by atoms with E-state index in [9.17, 15) is 9.59 Å². The smallest absolute Gasteiger partial charge is 0.405 e. The van der Waals surface area contributed by atoms with Gasteiger partial charge in [-0.1, -0.05) is 39.0 Å². The van der Waals surface area contributed by atoms with E-state index >= 15 is 0 Å². The number of benzene rings is 1. The highest BCUT2D eigenvalue weighted by molar-refractivity contribution is 8.00. The maximum atomic E-state index is 11.2. The normalized spacial score (nSPS) is 14.5. The number of aldehydes is 1. The summed E-state index contributed by atoms with van der Waals surface area (Å²) in [6.45, 7) is 5.98. The van der Waals surface area contributed by atoms with E-state index in [1.54, 1.807) is 0 Å². The number of nitrogens with one attached hydrogen (secondary N) is 1. The minimum Gasteiger partial charge on any atom is -0.465 e. The molecule has 0 aliphatic heterocycles. The molecule has 0 heterocycles. The van der Waals surface area contributed by atoms with E-state index in [-0.39, 0.29) is 10.7 Å². The average Bonchev–Trinajstić information content (AvgIpc) is 2.33. The van der Waals surface area contributed by atoms with Crippen molar-refractivity contribution in [2.24, 2.45) is 5.41 Å². The van der Waals surface area contributed by atoms with Crippen LogP contribution < -0.4 is 5.32 Å². The zero-order valence-electron chi connectivity index (χ0n) is 11.3. The average molecular weight is 281 g/mol. The highest BCUT2D eigenvalue weighted by Gasteiger charge is 2.34. The fraction of sp³-hybridized carbons (Fsp3) is 0.429. The summed E-state index contributed by atoms with van der Waals surface area (Å²) in [5.41, 5.74) is -0.214. The van der Waals surface area contributed by atoms with Gasteiger partial charge in [0.05, 0.1) is 0 Å². The van der Waals surface area contributed by atoms with Crippen LogP contribution in [0.4, 0.5) is 4.79 Å². The maximum absolute atomic E-state index is 11.2. The quantitative estimate of drug-likeness (QED) is 0.643. The Balaban J connectivity index is 2.94. The standard InChI is InChI=1S/C14H19NO3S/c1-14(2,3)12(11(9-16)15-13(17)18)19-10-7-5-4-6-8-10/h4-9,11-12,15H,1-3H3,(H,17,18)/t11-,12?/m1/s1. The van der Waals surface area contributed by atoms with Gasteiger partial charge in [0.25, 0.3) is 0 Å². The molecule has 0 fully saturated rings. The predicted molar refractivity (Wildman–Crippen MR) is 76.6 cm³/mol. The molecule has 4 nitrogen and oxygen atoms in total. The Bertz CT molecular complexity index is 428. The summed E-state index contributed by atoms with van der Waals surface area (Å²) in [4.78, 5) is 23.0. The van der Waals surface area contributed by atoms with E-state index in [0.29, 0.717) is 6.29 Å². The molecule has 0 aliphatic carbocycles. The first-order chi connectivity index (χ1) is 8.84. The maximum Gasteiger partial charge on any atom is 0.405 e. The highest BCUT2D eigenvalue weighted by Crippen LogP contribution is 2.37. The van der Waals surface area contributed by atoms with Crippen LogP contribution in [0, 0.1) is 5.41 Å². The Hall–Kier alpha value is -1.49. The van der Waals surface area contributed by atoms with Gasteiger partial charge in [-0.3, -0.25) is 0 Å². The molecule has 1 amide bonds. The van der Waals surface area contributed by atoms with Crippen LogP contribution in [0.25, 0.3) is 0 Å². The molecular formula is C14H19NO3S. The van der Waals surface area contributed by atoms with Crippen molar-refractivity contribution in [1.82, 2.24) is 5.32 Å². The van der Waals surface area contributed by atoms with Gasteiger partial charge in [0.15, 0.2) is 0 Å². The monoisotopic (exact) mass is 281 g/mol. The lowest BCUT2D eigenvalue weighted by Crippen LogP contribution is -2.47. The molecule has 1 rings (SSSR count). The topological polar surface area (TPSA) is 66.4 Å². The molecule has 0 saturated heterocycles. The number of carboxylic acid groups (broad SMARTS) is 1. The fourth-order valence-corrected chi connectivity index (χ4v) is 3.00. The highest BCUT2D eigenvalue weighted by atomic mass is 32.2. The van der Waals surface area contributed by atoms with Crippen molar-refractivity contribution in [2.45, 2.75) is 37.0 Å². The van der Waals surface area contributed by atoms with Gasteiger partial charge in [-0.15, -0.1) is 11.8 Å². The van der Waals surface area contributed by atoms with Gasteiger partial charge >= 0.3 is 6.09 Å². The molecular weight excluding hydrogens is 262 g/mol. The summed E-state index contributed by atoms with van der Waals surface area (Å²) in [6.07, 6.45) is -0.514. The number of rotatable bonds is 5. The lowest BCUT2D eigenvalue weighted by atomic mass is 9.88. The molecule has 104 valence electrons. The Labute approximate surface area is 117 Å². The lowest BCUT2D eigenvalue weighted by molar-refractivity contribution is -0.109. The molecule has 1 aromatic rings. The fourth-order valence-electron chi connectivity index (χ4n) is 1.76. The largest absolute Gasteiger partial charge is 0.465 e. The van der Waals surface area contributed by atoms with Gasteiger partial charge in [-0.2, -0.15) is 0 Å². The van der Waals surface area contributed by atoms with E-state index in [1.165, 1.54) is 11.8 Å². The van der Waals surface area contributed by atoms with Crippen LogP contribution in [-0.2, 0) is 4.79 Å². The van der Waals surface area contributed by atoms with Crippen LogP contribution in [0.15, 0.2) is 35.2 Å². The Morgan fingerprint density at radius 1 is 1.32 bits per heavy atom. The van der Waals surface area contributed by atoms with Crippen molar-refractivity contribution in [3.8, 4) is 0 Å². The van der Waals surface area contributed by atoms with E-state index in [1.807, 2.05) is 51.1 Å². The number of hydrogen-bond acceptors (Lipinski definition) is 3. The summed E-state index contributed by atoms with van der Waals surface area (Å²) in [5, 5.41) is 10.9. The van der Waals surface area contributed by atoms with Gasteiger partial charge in [0.1, 0.15) is 12.3 Å².